The van der Waals surface area contributed by atoms with Crippen LogP contribution in [-0.4, -0.2) is 32.9 Å². The third kappa shape index (κ3) is 2.88. The minimum absolute atomic E-state index is 0.142. The Morgan fingerprint density at radius 2 is 1.40 bits per heavy atom. The second-order valence-electron chi connectivity index (χ2n) is 8.20. The minimum Gasteiger partial charge on any atom is -0.507 e. The molecule has 5 rings (SSSR count). The predicted molar refractivity (Wildman–Crippen MR) is 119 cm³/mol. The summed E-state index contributed by atoms with van der Waals surface area (Å²) in [4.78, 5) is 14.1. The van der Waals surface area contributed by atoms with Gasteiger partial charge in [-0.1, -0.05) is 0 Å². The lowest BCUT2D eigenvalue weighted by molar-refractivity contribution is 0.0924. The van der Waals surface area contributed by atoms with Crippen molar-refractivity contribution >= 4 is 17.1 Å². The van der Waals surface area contributed by atoms with Gasteiger partial charge in [-0.15, -0.1) is 0 Å². The van der Waals surface area contributed by atoms with E-state index in [0.717, 1.165) is 39.5 Å². The second-order valence-corrected chi connectivity index (χ2v) is 8.20. The van der Waals surface area contributed by atoms with Crippen LogP contribution in [0.1, 0.15) is 27.7 Å². The summed E-state index contributed by atoms with van der Waals surface area (Å²) < 4.78 is 0. The largest absolute Gasteiger partial charge is 0.507 e. The van der Waals surface area contributed by atoms with Crippen molar-refractivity contribution in [2.75, 3.05) is 0 Å². The Morgan fingerprint density at radius 1 is 0.767 bits per heavy atom. The number of fused-ring (bicyclic) bond motifs is 5. The molecule has 0 spiro atoms. The van der Waals surface area contributed by atoms with Gasteiger partial charge in [0, 0.05) is 0 Å². The quantitative estimate of drug-likeness (QED) is 0.579. The molecule has 150 valence electrons. The summed E-state index contributed by atoms with van der Waals surface area (Å²) in [6.07, 6.45) is 13.4. The average molecular weight is 398 g/mol. The first-order valence-electron chi connectivity index (χ1n) is 9.83. The van der Waals surface area contributed by atoms with Crippen molar-refractivity contribution in [1.82, 2.24) is 5.32 Å². The third-order valence-corrected chi connectivity index (χ3v) is 5.71. The van der Waals surface area contributed by atoms with Crippen LogP contribution in [-0.2, 0) is 0 Å². The van der Waals surface area contributed by atoms with Gasteiger partial charge in [-0.3, -0.25) is 0 Å². The maximum atomic E-state index is 10.9. The summed E-state index contributed by atoms with van der Waals surface area (Å²) in [5.74, 6) is -0.142. The molecule has 5 aliphatic rings. The Balaban J connectivity index is 1.72. The lowest BCUT2D eigenvalue weighted by Crippen LogP contribution is -2.29. The van der Waals surface area contributed by atoms with E-state index in [1.54, 1.807) is 19.1 Å². The van der Waals surface area contributed by atoms with E-state index in [2.05, 4.69) is 15.3 Å². The fourth-order valence-electron chi connectivity index (χ4n) is 3.89. The van der Waals surface area contributed by atoms with Crippen LogP contribution in [0.5, 0.6) is 0 Å². The molecule has 5 heterocycles. The number of hydrogen-bond donors (Lipinski definition) is 3. The van der Waals surface area contributed by atoms with Crippen LogP contribution in [0.4, 0.5) is 0 Å². The van der Waals surface area contributed by atoms with E-state index in [1.165, 1.54) is 0 Å². The molecule has 0 radical (unpaired) electrons. The van der Waals surface area contributed by atoms with Crippen molar-refractivity contribution < 1.29 is 10.2 Å². The minimum atomic E-state index is -1.54. The number of aliphatic hydroxyl groups is 2. The molecule has 0 amide bonds. The van der Waals surface area contributed by atoms with Crippen LogP contribution < -0.4 is 5.32 Å². The zero-order valence-corrected chi connectivity index (χ0v) is 17.3. The second kappa shape index (κ2) is 6.24. The van der Waals surface area contributed by atoms with E-state index in [0.29, 0.717) is 22.8 Å². The predicted octanol–water partition coefficient (Wildman–Crippen LogP) is 3.86. The van der Waals surface area contributed by atoms with E-state index in [4.69, 9.17) is 4.99 Å². The number of rotatable bonds is 0. The molecule has 0 fully saturated rings. The molecule has 0 unspecified atom stereocenters. The fraction of sp³-hybridized carbons (Fsp3) is 0.208. The van der Waals surface area contributed by atoms with Crippen LogP contribution in [0.25, 0.3) is 0 Å². The Labute approximate surface area is 174 Å². The maximum absolute atomic E-state index is 10.9. The standard InChI is InChI=1S/C24H22N4O2/c1-12-7-17-10-22-24(4,30)23(29)21(28-22)9-16-6-14(3)20(26-16)11-19-13(2)5-15(25-19)8-18(12)27-17/h5-11,28-30H,1-4H3/t24-/m1/s1. The summed E-state index contributed by atoms with van der Waals surface area (Å²) >= 11 is 0. The van der Waals surface area contributed by atoms with Gasteiger partial charge in [0.1, 0.15) is 0 Å². The highest BCUT2D eigenvalue weighted by atomic mass is 16.3. The molecule has 5 aliphatic heterocycles. The van der Waals surface area contributed by atoms with Crippen LogP contribution in [0.2, 0.25) is 0 Å². The number of allylic oxidation sites excluding steroid dienone is 10. The monoisotopic (exact) mass is 398 g/mol. The smallest absolute Gasteiger partial charge is 0.160 e. The van der Waals surface area contributed by atoms with Crippen molar-refractivity contribution in [2.24, 2.45) is 15.0 Å². The van der Waals surface area contributed by atoms with Gasteiger partial charge in [-0.2, -0.15) is 0 Å². The summed E-state index contributed by atoms with van der Waals surface area (Å²) in [5, 5.41) is 24.7. The van der Waals surface area contributed by atoms with Crippen LogP contribution in [0, 0.1) is 0 Å². The summed E-state index contributed by atoms with van der Waals surface area (Å²) in [6, 6.07) is 0. The van der Waals surface area contributed by atoms with Gasteiger partial charge in [0.05, 0.1) is 45.6 Å². The van der Waals surface area contributed by atoms with Crippen LogP contribution >= 0.6 is 0 Å². The number of hydrogen-bond acceptors (Lipinski definition) is 6. The Bertz CT molecular complexity index is 1250. The molecular weight excluding hydrogens is 376 g/mol. The lowest BCUT2D eigenvalue weighted by Gasteiger charge is -2.18. The number of nitrogens with one attached hydrogen (secondary N) is 1. The average Bonchev–Trinajstić information content (AvgIpc) is 3.35. The molecule has 30 heavy (non-hydrogen) atoms. The molecule has 3 N–H and O–H groups in total. The summed E-state index contributed by atoms with van der Waals surface area (Å²) in [7, 11) is 0. The van der Waals surface area contributed by atoms with Crippen molar-refractivity contribution in [1.29, 1.82) is 0 Å². The fourth-order valence-corrected chi connectivity index (χ4v) is 3.89. The number of aliphatic hydroxyl groups excluding tert-OH is 1. The molecule has 0 aromatic heterocycles. The van der Waals surface area contributed by atoms with E-state index < -0.39 is 5.60 Å². The first-order valence-corrected chi connectivity index (χ1v) is 9.83. The summed E-state index contributed by atoms with van der Waals surface area (Å²) in [6.45, 7) is 7.57. The van der Waals surface area contributed by atoms with Gasteiger partial charge in [-0.25, -0.2) is 15.0 Å². The van der Waals surface area contributed by atoms with Gasteiger partial charge < -0.3 is 15.5 Å². The number of nitrogens with zero attached hydrogens (tertiary/aromatic N) is 3. The van der Waals surface area contributed by atoms with Crippen LogP contribution in [0.15, 0.2) is 108 Å². The van der Waals surface area contributed by atoms with E-state index >= 15 is 0 Å². The molecule has 6 nitrogen and oxygen atoms in total. The molecule has 0 saturated heterocycles. The molecule has 0 aromatic carbocycles. The van der Waals surface area contributed by atoms with Gasteiger partial charge >= 0.3 is 0 Å². The Kier molecular flexibility index (Phi) is 3.85. The SMILES string of the molecule is CC1=CC2=NC1=CC1=NC(=CC3=C(O)[C@](C)(O)C(=CC4=NC(=C2)C(C)=C4)N3)C=C1C. The molecular formula is C24H22N4O2. The highest BCUT2D eigenvalue weighted by Crippen LogP contribution is 2.34. The Morgan fingerprint density at radius 3 is 2.10 bits per heavy atom. The highest BCUT2D eigenvalue weighted by molar-refractivity contribution is 6.14. The Hall–Kier alpha value is -3.51. The number of aliphatic imine (C=N–C) groups is 3. The summed E-state index contributed by atoms with van der Waals surface area (Å²) in [5.41, 5.74) is 7.19. The van der Waals surface area contributed by atoms with Gasteiger partial charge in [0.25, 0.3) is 0 Å². The van der Waals surface area contributed by atoms with Crippen LogP contribution in [0.3, 0.4) is 0 Å². The lowest BCUT2D eigenvalue weighted by atomic mass is 10.0. The highest BCUT2D eigenvalue weighted by Gasteiger charge is 2.39. The topological polar surface area (TPSA) is 89.6 Å². The normalized spacial score (nSPS) is 27.2. The van der Waals surface area contributed by atoms with E-state index in [1.807, 2.05) is 51.2 Å². The zero-order chi connectivity index (χ0) is 21.2. The molecule has 0 aromatic rings. The van der Waals surface area contributed by atoms with Gasteiger partial charge in [0.15, 0.2) is 11.4 Å². The maximum Gasteiger partial charge on any atom is 0.160 e. The zero-order valence-electron chi connectivity index (χ0n) is 17.3. The third-order valence-electron chi connectivity index (χ3n) is 5.71. The van der Waals surface area contributed by atoms with Crippen molar-refractivity contribution in [3.05, 3.63) is 93.5 Å². The van der Waals surface area contributed by atoms with Crippen molar-refractivity contribution in [2.45, 2.75) is 33.3 Å². The van der Waals surface area contributed by atoms with Gasteiger partial charge in [0.2, 0.25) is 0 Å². The van der Waals surface area contributed by atoms with E-state index in [-0.39, 0.29) is 5.76 Å². The van der Waals surface area contributed by atoms with E-state index in [9.17, 15) is 10.2 Å². The molecule has 8 bridgehead atoms. The molecule has 0 aliphatic carbocycles. The van der Waals surface area contributed by atoms with Gasteiger partial charge in [-0.05, 0) is 86.9 Å². The first-order chi connectivity index (χ1) is 14.2. The van der Waals surface area contributed by atoms with Crippen molar-refractivity contribution in [3.8, 4) is 0 Å². The first kappa shape index (κ1) is 18.5. The molecule has 0 saturated carbocycles. The van der Waals surface area contributed by atoms with Crippen molar-refractivity contribution in [3.63, 3.8) is 0 Å². The molecule has 6 heteroatoms. The molecule has 1 atom stereocenters.